The van der Waals surface area contributed by atoms with Gasteiger partial charge in [-0.25, -0.2) is 0 Å². The molecule has 1 aliphatic heterocycles. The van der Waals surface area contributed by atoms with Gasteiger partial charge in [0.25, 0.3) is 5.95 Å². The van der Waals surface area contributed by atoms with E-state index in [1.54, 1.807) is 0 Å². The van der Waals surface area contributed by atoms with Crippen LogP contribution in [0.2, 0.25) is 0 Å². The van der Waals surface area contributed by atoms with Gasteiger partial charge >= 0.3 is 0 Å². The fraction of sp³-hybridized carbons (Fsp3) is 0.818. The predicted octanol–water partition coefficient (Wildman–Crippen LogP) is 1.56. The zero-order chi connectivity index (χ0) is 11.4. The molecule has 1 saturated heterocycles. The number of hydrogen-bond donors (Lipinski definition) is 1. The Morgan fingerprint density at radius 1 is 1.31 bits per heavy atom. The number of piperidine rings is 1. The second kappa shape index (κ2) is 5.30. The molecule has 0 unspecified atom stereocenters. The van der Waals surface area contributed by atoms with Gasteiger partial charge in [0.05, 0.1) is 6.54 Å². The van der Waals surface area contributed by atoms with E-state index in [1.807, 2.05) is 0 Å². The highest BCUT2D eigenvalue weighted by Gasteiger charge is 2.16. The maximum absolute atomic E-state index is 5.20. The van der Waals surface area contributed by atoms with Gasteiger partial charge in [-0.05, 0) is 24.4 Å². The Morgan fingerprint density at radius 3 is 2.75 bits per heavy atom. The fourth-order valence-corrected chi connectivity index (χ4v) is 1.83. The van der Waals surface area contributed by atoms with Crippen molar-refractivity contribution in [2.75, 3.05) is 18.0 Å². The van der Waals surface area contributed by atoms with Crippen molar-refractivity contribution in [1.82, 2.24) is 15.5 Å². The summed E-state index contributed by atoms with van der Waals surface area (Å²) < 4.78 is 5.20. The number of anilines is 1. The Hall–Kier alpha value is -1.10. The average molecular weight is 224 g/mol. The maximum Gasteiger partial charge on any atom is 0.266 e. The standard InChI is InChI=1S/C11H20N4O/c1-9(2)12-8-10-13-11(14-16-10)15-6-4-3-5-7-15/h9,12H,3-8H2,1-2H3. The first kappa shape index (κ1) is 11.4. The van der Waals surface area contributed by atoms with Crippen LogP contribution in [0.15, 0.2) is 4.52 Å². The first-order chi connectivity index (χ1) is 7.75. The summed E-state index contributed by atoms with van der Waals surface area (Å²) in [6.45, 7) is 6.95. The van der Waals surface area contributed by atoms with Crippen LogP contribution < -0.4 is 10.2 Å². The highest BCUT2D eigenvalue weighted by atomic mass is 16.5. The Bertz CT molecular complexity index is 318. The van der Waals surface area contributed by atoms with Crippen LogP contribution in [-0.2, 0) is 6.54 Å². The lowest BCUT2D eigenvalue weighted by Gasteiger charge is -2.24. The van der Waals surface area contributed by atoms with Gasteiger partial charge in [0, 0.05) is 19.1 Å². The van der Waals surface area contributed by atoms with Crippen molar-refractivity contribution in [3.63, 3.8) is 0 Å². The second-order valence-electron chi connectivity index (χ2n) is 4.57. The van der Waals surface area contributed by atoms with Crippen LogP contribution in [0.3, 0.4) is 0 Å². The van der Waals surface area contributed by atoms with E-state index >= 15 is 0 Å². The molecule has 1 N–H and O–H groups in total. The molecule has 0 aromatic carbocycles. The SMILES string of the molecule is CC(C)NCc1nc(N2CCCCC2)no1. The van der Waals surface area contributed by atoms with Gasteiger partial charge in [-0.2, -0.15) is 4.98 Å². The Labute approximate surface area is 96.2 Å². The van der Waals surface area contributed by atoms with Crippen molar-refractivity contribution in [2.24, 2.45) is 0 Å². The average Bonchev–Trinajstić information content (AvgIpc) is 2.76. The van der Waals surface area contributed by atoms with Crippen molar-refractivity contribution in [1.29, 1.82) is 0 Å². The van der Waals surface area contributed by atoms with Crippen LogP contribution in [0.1, 0.15) is 39.0 Å². The molecule has 0 aliphatic carbocycles. The Morgan fingerprint density at radius 2 is 2.06 bits per heavy atom. The molecule has 0 atom stereocenters. The van der Waals surface area contributed by atoms with Crippen molar-refractivity contribution in [3.05, 3.63) is 5.89 Å². The molecule has 2 heterocycles. The lowest BCUT2D eigenvalue weighted by molar-refractivity contribution is 0.360. The van der Waals surface area contributed by atoms with E-state index in [0.29, 0.717) is 18.5 Å². The minimum absolute atomic E-state index is 0.435. The molecular formula is C11H20N4O. The molecule has 1 aliphatic rings. The lowest BCUT2D eigenvalue weighted by atomic mass is 10.1. The molecule has 0 spiro atoms. The Kier molecular flexibility index (Phi) is 3.77. The zero-order valence-electron chi connectivity index (χ0n) is 10.1. The molecule has 1 fully saturated rings. The number of hydrogen-bond acceptors (Lipinski definition) is 5. The van der Waals surface area contributed by atoms with E-state index in [1.165, 1.54) is 19.3 Å². The first-order valence-electron chi connectivity index (χ1n) is 6.06. The highest BCUT2D eigenvalue weighted by molar-refractivity contribution is 5.27. The summed E-state index contributed by atoms with van der Waals surface area (Å²) in [7, 11) is 0. The van der Waals surface area contributed by atoms with Gasteiger partial charge in [-0.1, -0.05) is 13.8 Å². The normalized spacial score (nSPS) is 17.1. The number of nitrogens with zero attached hydrogens (tertiary/aromatic N) is 3. The summed E-state index contributed by atoms with van der Waals surface area (Å²) in [6, 6.07) is 0.435. The van der Waals surface area contributed by atoms with Crippen molar-refractivity contribution < 1.29 is 4.52 Å². The molecule has 2 rings (SSSR count). The molecule has 16 heavy (non-hydrogen) atoms. The van der Waals surface area contributed by atoms with Gasteiger partial charge in [0.1, 0.15) is 0 Å². The minimum Gasteiger partial charge on any atom is -0.338 e. The topological polar surface area (TPSA) is 54.2 Å². The molecule has 0 radical (unpaired) electrons. The summed E-state index contributed by atoms with van der Waals surface area (Å²) in [6.07, 6.45) is 3.78. The van der Waals surface area contributed by atoms with Gasteiger partial charge in [0.15, 0.2) is 0 Å². The van der Waals surface area contributed by atoms with Crippen LogP contribution >= 0.6 is 0 Å². The lowest BCUT2D eigenvalue weighted by Crippen LogP contribution is -2.30. The summed E-state index contributed by atoms with van der Waals surface area (Å²) in [5, 5.41) is 7.28. The third-order valence-corrected chi connectivity index (χ3v) is 2.76. The van der Waals surface area contributed by atoms with Gasteiger partial charge in [0.2, 0.25) is 5.89 Å². The quantitative estimate of drug-likeness (QED) is 0.841. The second-order valence-corrected chi connectivity index (χ2v) is 4.57. The molecular weight excluding hydrogens is 204 g/mol. The molecule has 5 heteroatoms. The first-order valence-corrected chi connectivity index (χ1v) is 6.06. The molecule has 0 saturated carbocycles. The number of nitrogens with one attached hydrogen (secondary N) is 1. The third kappa shape index (κ3) is 2.95. The van der Waals surface area contributed by atoms with Crippen molar-refractivity contribution in [3.8, 4) is 0 Å². The van der Waals surface area contributed by atoms with Crippen LogP contribution in [0.25, 0.3) is 0 Å². The summed E-state index contributed by atoms with van der Waals surface area (Å²) >= 11 is 0. The monoisotopic (exact) mass is 224 g/mol. The van der Waals surface area contributed by atoms with Gasteiger partial charge in [-0.3, -0.25) is 0 Å². The molecule has 0 amide bonds. The van der Waals surface area contributed by atoms with Gasteiger partial charge in [-0.15, -0.1) is 0 Å². The van der Waals surface area contributed by atoms with Gasteiger partial charge < -0.3 is 14.7 Å². The maximum atomic E-state index is 5.20. The van der Waals surface area contributed by atoms with Crippen LogP contribution in [-0.4, -0.2) is 29.3 Å². The van der Waals surface area contributed by atoms with Crippen LogP contribution in [0.5, 0.6) is 0 Å². The van der Waals surface area contributed by atoms with Crippen LogP contribution in [0.4, 0.5) is 5.95 Å². The third-order valence-electron chi connectivity index (χ3n) is 2.76. The smallest absolute Gasteiger partial charge is 0.266 e. The minimum atomic E-state index is 0.435. The highest BCUT2D eigenvalue weighted by Crippen LogP contribution is 2.16. The molecule has 1 aromatic rings. The summed E-state index contributed by atoms with van der Waals surface area (Å²) in [4.78, 5) is 6.59. The summed E-state index contributed by atoms with van der Waals surface area (Å²) in [5.74, 6) is 1.43. The largest absolute Gasteiger partial charge is 0.338 e. The van der Waals surface area contributed by atoms with E-state index in [0.717, 1.165) is 19.0 Å². The fourth-order valence-electron chi connectivity index (χ4n) is 1.83. The van der Waals surface area contributed by atoms with Crippen molar-refractivity contribution >= 4 is 5.95 Å². The molecule has 1 aromatic heterocycles. The zero-order valence-corrected chi connectivity index (χ0v) is 10.1. The van der Waals surface area contributed by atoms with E-state index in [2.05, 4.69) is 34.2 Å². The predicted molar refractivity (Wildman–Crippen MR) is 62.3 cm³/mol. The van der Waals surface area contributed by atoms with E-state index in [4.69, 9.17) is 4.52 Å². The van der Waals surface area contributed by atoms with Crippen molar-refractivity contribution in [2.45, 2.75) is 45.7 Å². The number of aromatic nitrogens is 2. The van der Waals surface area contributed by atoms with Crippen LogP contribution in [0, 0.1) is 0 Å². The number of rotatable bonds is 4. The molecule has 0 bridgehead atoms. The molecule has 90 valence electrons. The molecule has 5 nitrogen and oxygen atoms in total. The van der Waals surface area contributed by atoms with E-state index in [-0.39, 0.29) is 0 Å². The summed E-state index contributed by atoms with van der Waals surface area (Å²) in [5.41, 5.74) is 0. The van der Waals surface area contributed by atoms with E-state index < -0.39 is 0 Å². The van der Waals surface area contributed by atoms with E-state index in [9.17, 15) is 0 Å². The Balaban J connectivity index is 1.90.